The van der Waals surface area contributed by atoms with E-state index in [9.17, 15) is 13.6 Å². The van der Waals surface area contributed by atoms with Crippen LogP contribution in [0.1, 0.15) is 29.2 Å². The minimum absolute atomic E-state index is 0.0413. The molecule has 7 heteroatoms. The summed E-state index contributed by atoms with van der Waals surface area (Å²) in [7, 11) is 1.11. The Balaban J connectivity index is 2.34. The van der Waals surface area contributed by atoms with Gasteiger partial charge in [0.15, 0.2) is 11.6 Å². The lowest BCUT2D eigenvalue weighted by Crippen LogP contribution is -2.28. The van der Waals surface area contributed by atoms with E-state index in [0.717, 1.165) is 12.1 Å². The summed E-state index contributed by atoms with van der Waals surface area (Å²) in [4.78, 5) is 15.5. The highest BCUT2D eigenvalue weighted by Crippen LogP contribution is 2.30. The molecule has 2 rings (SSSR count). The zero-order chi connectivity index (χ0) is 15.6. The molecule has 0 radical (unpaired) electrons. The Labute approximate surface area is 124 Å². The smallest absolute Gasteiger partial charge is 0.340 e. The molecule has 1 aromatic carbocycles. The summed E-state index contributed by atoms with van der Waals surface area (Å²) in [6.07, 6.45) is 1.64. The quantitative estimate of drug-likeness (QED) is 0.877. The summed E-state index contributed by atoms with van der Waals surface area (Å²) in [5.41, 5.74) is -1.15. The van der Waals surface area contributed by atoms with Crippen LogP contribution in [0.15, 0.2) is 23.7 Å². The Morgan fingerprint density at radius 2 is 2.05 bits per heavy atom. The number of anilines is 1. The molecule has 0 amide bonds. The molecule has 0 atom stereocenters. The molecule has 1 aromatic heterocycles. The van der Waals surface area contributed by atoms with Gasteiger partial charge in [-0.1, -0.05) is 0 Å². The number of carbonyl (C=O) groups is 1. The van der Waals surface area contributed by atoms with Gasteiger partial charge in [-0.05, 0) is 26.0 Å². The van der Waals surface area contributed by atoms with Crippen molar-refractivity contribution in [3.05, 3.63) is 45.9 Å². The van der Waals surface area contributed by atoms with Crippen LogP contribution in [0.2, 0.25) is 0 Å². The van der Waals surface area contributed by atoms with Gasteiger partial charge >= 0.3 is 5.97 Å². The normalized spacial score (nSPS) is 11.3. The van der Waals surface area contributed by atoms with Gasteiger partial charge in [-0.25, -0.2) is 18.6 Å². The van der Waals surface area contributed by atoms with Crippen LogP contribution in [0.5, 0.6) is 0 Å². The number of rotatable bonds is 4. The number of carbonyl (C=O) groups excluding carboxylic acids is 1. The van der Waals surface area contributed by atoms with Crippen molar-refractivity contribution >= 4 is 23.0 Å². The second-order valence-corrected chi connectivity index (χ2v) is 5.76. The predicted octanol–water partition coefficient (Wildman–Crippen LogP) is 3.56. The molecule has 4 nitrogen and oxygen atoms in total. The first-order valence-corrected chi connectivity index (χ1v) is 6.99. The number of nitrogens with one attached hydrogen (secondary N) is 1. The summed E-state index contributed by atoms with van der Waals surface area (Å²) in [6.45, 7) is 3.61. The van der Waals surface area contributed by atoms with Crippen LogP contribution in [0.4, 0.5) is 14.5 Å². The zero-order valence-electron chi connectivity index (χ0n) is 11.7. The molecular formula is C14H14F2N2O2S. The highest BCUT2D eigenvalue weighted by molar-refractivity contribution is 7.09. The van der Waals surface area contributed by atoms with Gasteiger partial charge in [0.25, 0.3) is 0 Å². The lowest BCUT2D eigenvalue weighted by atomic mass is 10.1. The fourth-order valence-corrected chi connectivity index (χ4v) is 2.55. The Morgan fingerprint density at radius 1 is 1.33 bits per heavy atom. The van der Waals surface area contributed by atoms with Crippen LogP contribution in [0, 0.1) is 11.6 Å². The fraction of sp³-hybridized carbons (Fsp3) is 0.286. The molecule has 0 fully saturated rings. The number of hydrogen-bond acceptors (Lipinski definition) is 5. The summed E-state index contributed by atoms with van der Waals surface area (Å²) >= 11 is 1.41. The summed E-state index contributed by atoms with van der Waals surface area (Å²) in [6, 6.07) is 2.49. The standard InChI is InChI=1S/C14H14F2N2O2S/c1-14(2,13-17-6-7-21-13)18-9-5-4-8(12(19)20-3)10(15)11(9)16/h4-7,18H,1-3H3. The minimum Gasteiger partial charge on any atom is -0.465 e. The van der Waals surface area contributed by atoms with Crippen molar-refractivity contribution in [1.82, 2.24) is 4.98 Å². The molecule has 0 saturated carbocycles. The number of methoxy groups -OCH3 is 1. The van der Waals surface area contributed by atoms with Gasteiger partial charge in [-0.2, -0.15) is 0 Å². The van der Waals surface area contributed by atoms with Crippen LogP contribution < -0.4 is 5.32 Å². The highest BCUT2D eigenvalue weighted by atomic mass is 32.1. The molecule has 2 aromatic rings. The Bertz CT molecular complexity index is 657. The molecule has 0 aliphatic heterocycles. The molecule has 1 heterocycles. The Kier molecular flexibility index (Phi) is 4.22. The van der Waals surface area contributed by atoms with E-state index in [1.54, 1.807) is 25.4 Å². The van der Waals surface area contributed by atoms with E-state index < -0.39 is 28.7 Å². The number of thiazole rings is 1. The van der Waals surface area contributed by atoms with Gasteiger partial charge in [-0.3, -0.25) is 0 Å². The molecule has 0 aliphatic carbocycles. The van der Waals surface area contributed by atoms with Gasteiger partial charge < -0.3 is 10.1 Å². The summed E-state index contributed by atoms with van der Waals surface area (Å²) in [5.74, 6) is -3.28. The highest BCUT2D eigenvalue weighted by Gasteiger charge is 2.26. The number of hydrogen-bond donors (Lipinski definition) is 1. The molecule has 112 valence electrons. The van der Waals surface area contributed by atoms with E-state index in [1.165, 1.54) is 23.5 Å². The van der Waals surface area contributed by atoms with Crippen LogP contribution in [-0.4, -0.2) is 18.1 Å². The molecule has 1 N–H and O–H groups in total. The first-order chi connectivity index (χ1) is 9.86. The molecule has 0 bridgehead atoms. The van der Waals surface area contributed by atoms with Crippen LogP contribution in [0.3, 0.4) is 0 Å². The number of halogens is 2. The van der Waals surface area contributed by atoms with E-state index >= 15 is 0 Å². The SMILES string of the molecule is COC(=O)c1ccc(NC(C)(C)c2nccs2)c(F)c1F. The van der Waals surface area contributed by atoms with Crippen LogP contribution in [-0.2, 0) is 10.3 Å². The van der Waals surface area contributed by atoms with Crippen molar-refractivity contribution in [2.45, 2.75) is 19.4 Å². The summed E-state index contributed by atoms with van der Waals surface area (Å²) in [5, 5.41) is 5.43. The third-order valence-electron chi connectivity index (χ3n) is 2.90. The van der Waals surface area contributed by atoms with Gasteiger partial charge in [0, 0.05) is 11.6 Å². The monoisotopic (exact) mass is 312 g/mol. The Hall–Kier alpha value is -2.02. The molecule has 0 unspecified atom stereocenters. The van der Waals surface area contributed by atoms with E-state index in [2.05, 4.69) is 15.0 Å². The number of ether oxygens (including phenoxy) is 1. The number of esters is 1. The molecular weight excluding hydrogens is 298 g/mol. The average molecular weight is 312 g/mol. The third kappa shape index (κ3) is 3.02. The lowest BCUT2D eigenvalue weighted by molar-refractivity contribution is 0.0594. The zero-order valence-corrected chi connectivity index (χ0v) is 12.6. The van der Waals surface area contributed by atoms with E-state index in [1.807, 2.05) is 0 Å². The van der Waals surface area contributed by atoms with Crippen LogP contribution >= 0.6 is 11.3 Å². The first kappa shape index (κ1) is 15.4. The minimum atomic E-state index is -1.23. The maximum Gasteiger partial charge on any atom is 0.340 e. The van der Waals surface area contributed by atoms with E-state index in [4.69, 9.17) is 0 Å². The van der Waals surface area contributed by atoms with E-state index in [0.29, 0.717) is 0 Å². The van der Waals surface area contributed by atoms with Crippen molar-refractivity contribution < 1.29 is 18.3 Å². The first-order valence-electron chi connectivity index (χ1n) is 6.11. The Morgan fingerprint density at radius 3 is 2.62 bits per heavy atom. The fourth-order valence-electron chi connectivity index (χ4n) is 1.84. The largest absolute Gasteiger partial charge is 0.465 e. The van der Waals surface area contributed by atoms with Gasteiger partial charge in [0.2, 0.25) is 0 Å². The van der Waals surface area contributed by atoms with Crippen molar-refractivity contribution in [2.24, 2.45) is 0 Å². The second-order valence-electron chi connectivity index (χ2n) is 4.87. The topological polar surface area (TPSA) is 51.2 Å². The third-order valence-corrected chi connectivity index (χ3v) is 4.00. The molecule has 0 aliphatic rings. The van der Waals surface area contributed by atoms with Crippen molar-refractivity contribution in [2.75, 3.05) is 12.4 Å². The van der Waals surface area contributed by atoms with E-state index in [-0.39, 0.29) is 5.69 Å². The molecule has 21 heavy (non-hydrogen) atoms. The average Bonchev–Trinajstić information content (AvgIpc) is 2.98. The van der Waals surface area contributed by atoms with Gasteiger partial charge in [-0.15, -0.1) is 11.3 Å². The second kappa shape index (κ2) is 5.77. The van der Waals surface area contributed by atoms with Gasteiger partial charge in [0.05, 0.1) is 23.9 Å². The van der Waals surface area contributed by atoms with Crippen molar-refractivity contribution in [3.63, 3.8) is 0 Å². The molecule has 0 saturated heterocycles. The molecule has 0 spiro atoms. The van der Waals surface area contributed by atoms with Crippen molar-refractivity contribution in [1.29, 1.82) is 0 Å². The lowest BCUT2D eigenvalue weighted by Gasteiger charge is -2.25. The number of benzene rings is 1. The van der Waals surface area contributed by atoms with Gasteiger partial charge in [0.1, 0.15) is 5.01 Å². The maximum atomic E-state index is 14.1. The number of nitrogens with zero attached hydrogens (tertiary/aromatic N) is 1. The predicted molar refractivity (Wildman–Crippen MR) is 76.5 cm³/mol. The van der Waals surface area contributed by atoms with Crippen LogP contribution in [0.25, 0.3) is 0 Å². The van der Waals surface area contributed by atoms with Crippen molar-refractivity contribution in [3.8, 4) is 0 Å². The maximum absolute atomic E-state index is 14.1. The summed E-state index contributed by atoms with van der Waals surface area (Å²) < 4.78 is 32.4. The number of aromatic nitrogens is 1.